The summed E-state index contributed by atoms with van der Waals surface area (Å²) in [7, 11) is 0. The number of aryl methyl sites for hydroxylation is 4. The predicted octanol–water partition coefficient (Wildman–Crippen LogP) is 3.32. The first-order valence-electron chi connectivity index (χ1n) is 12.2. The van der Waals surface area contributed by atoms with E-state index in [2.05, 4.69) is 15.5 Å². The van der Waals surface area contributed by atoms with Gasteiger partial charge in [-0.2, -0.15) is 10.2 Å². The van der Waals surface area contributed by atoms with Gasteiger partial charge >= 0.3 is 5.69 Å². The summed E-state index contributed by atoms with van der Waals surface area (Å²) in [5.74, 6) is -0.784. The van der Waals surface area contributed by atoms with Crippen molar-refractivity contribution in [1.29, 1.82) is 0 Å². The number of halogens is 1. The van der Waals surface area contributed by atoms with Gasteiger partial charge in [-0.15, -0.1) is 4.80 Å². The summed E-state index contributed by atoms with van der Waals surface area (Å²) in [6.07, 6.45) is 4.16. The summed E-state index contributed by atoms with van der Waals surface area (Å²) >= 11 is 1.24. The van der Waals surface area contributed by atoms with Gasteiger partial charge in [0.05, 0.1) is 17.8 Å². The van der Waals surface area contributed by atoms with Gasteiger partial charge in [0.1, 0.15) is 21.2 Å². The van der Waals surface area contributed by atoms with E-state index in [0.717, 1.165) is 22.1 Å². The van der Waals surface area contributed by atoms with E-state index in [1.54, 1.807) is 26.8 Å². The maximum absolute atomic E-state index is 14.0. The van der Waals surface area contributed by atoms with E-state index in [0.29, 0.717) is 27.2 Å². The van der Waals surface area contributed by atoms with Crippen molar-refractivity contribution in [1.82, 2.24) is 29.4 Å². The zero-order chi connectivity index (χ0) is 27.1. The first-order chi connectivity index (χ1) is 17.5. The minimum Gasteiger partial charge on any atom is -0.352 e. The largest absolute Gasteiger partial charge is 0.352 e. The standard InChI is InChI=1S/C26H31FN6O3S/c1-7-17-8-9-19(27)14-18(17)10-13-31-23-20(16(4)22(37-23)33-28-11-12-29-33)21(34)32(25(31)36)26(5,6)24(35)30-15(2)3/h8-9,11-12,14-15H,7,10,13H2,1-6H3,(H,30,35). The first-order valence-corrected chi connectivity index (χ1v) is 13.0. The quantitative estimate of drug-likeness (QED) is 0.379. The molecule has 0 aliphatic rings. The van der Waals surface area contributed by atoms with Crippen LogP contribution in [0.15, 0.2) is 40.2 Å². The molecule has 0 aliphatic heterocycles. The molecule has 1 N–H and O–H groups in total. The van der Waals surface area contributed by atoms with Gasteiger partial charge < -0.3 is 5.32 Å². The summed E-state index contributed by atoms with van der Waals surface area (Å²) in [5, 5.41) is 12.1. The Hall–Kier alpha value is -3.60. The van der Waals surface area contributed by atoms with Crippen molar-refractivity contribution < 1.29 is 9.18 Å². The number of hydrogen-bond acceptors (Lipinski definition) is 6. The Morgan fingerprint density at radius 2 is 1.84 bits per heavy atom. The van der Waals surface area contributed by atoms with Crippen LogP contribution in [-0.4, -0.2) is 36.1 Å². The monoisotopic (exact) mass is 526 g/mol. The first kappa shape index (κ1) is 26.5. The number of carbonyl (C=O) groups is 1. The number of nitrogens with zero attached hydrogens (tertiary/aromatic N) is 5. The van der Waals surface area contributed by atoms with Gasteiger partial charge in [-0.25, -0.2) is 13.8 Å². The molecule has 9 nitrogen and oxygen atoms in total. The second-order valence-corrected chi connectivity index (χ2v) is 10.8. The minimum atomic E-state index is -1.46. The average Bonchev–Trinajstić information content (AvgIpc) is 3.46. The van der Waals surface area contributed by atoms with E-state index >= 15 is 0 Å². The fourth-order valence-electron chi connectivity index (χ4n) is 4.48. The van der Waals surface area contributed by atoms with Crippen LogP contribution in [0.4, 0.5) is 4.39 Å². The molecule has 0 unspecified atom stereocenters. The molecule has 3 aromatic heterocycles. The van der Waals surface area contributed by atoms with Crippen molar-refractivity contribution in [3.05, 3.63) is 73.9 Å². The number of hydrogen-bond donors (Lipinski definition) is 1. The van der Waals surface area contributed by atoms with Crippen LogP contribution >= 0.6 is 11.3 Å². The van der Waals surface area contributed by atoms with Gasteiger partial charge in [-0.1, -0.05) is 24.3 Å². The summed E-state index contributed by atoms with van der Waals surface area (Å²) in [5.41, 5.74) is -0.215. The molecule has 0 spiro atoms. The fourth-order valence-corrected chi connectivity index (χ4v) is 5.72. The van der Waals surface area contributed by atoms with Crippen molar-refractivity contribution >= 4 is 27.5 Å². The van der Waals surface area contributed by atoms with E-state index in [1.165, 1.54) is 45.2 Å². The molecule has 0 saturated heterocycles. The van der Waals surface area contributed by atoms with Crippen molar-refractivity contribution in [2.24, 2.45) is 0 Å². The number of amides is 1. The number of benzene rings is 1. The third kappa shape index (κ3) is 4.75. The van der Waals surface area contributed by atoms with Crippen molar-refractivity contribution in [2.45, 2.75) is 72.5 Å². The summed E-state index contributed by atoms with van der Waals surface area (Å²) in [6.45, 7) is 10.7. The lowest BCUT2D eigenvalue weighted by atomic mass is 10.0. The molecular weight excluding hydrogens is 495 g/mol. The molecule has 0 radical (unpaired) electrons. The molecule has 0 fully saturated rings. The van der Waals surface area contributed by atoms with Gasteiger partial charge in [-0.3, -0.25) is 14.2 Å². The molecular formula is C26H31FN6O3S. The Balaban J connectivity index is 1.97. The van der Waals surface area contributed by atoms with E-state index in [-0.39, 0.29) is 18.4 Å². The molecule has 37 heavy (non-hydrogen) atoms. The molecule has 4 aromatic rings. The molecule has 196 valence electrons. The number of aromatic nitrogens is 5. The second kappa shape index (κ2) is 10.0. The smallest absolute Gasteiger partial charge is 0.333 e. The van der Waals surface area contributed by atoms with E-state index < -0.39 is 22.7 Å². The SMILES string of the molecule is CCc1ccc(F)cc1CCn1c(=O)n(C(C)(C)C(=O)NC(C)C)c(=O)c2c(C)c(-n3nccn3)sc21. The van der Waals surface area contributed by atoms with E-state index in [9.17, 15) is 18.8 Å². The van der Waals surface area contributed by atoms with Crippen LogP contribution < -0.4 is 16.6 Å². The summed E-state index contributed by atoms with van der Waals surface area (Å²) < 4.78 is 16.6. The lowest BCUT2D eigenvalue weighted by molar-refractivity contribution is -0.129. The van der Waals surface area contributed by atoms with Gasteiger partial charge in [-0.05, 0) is 70.7 Å². The Labute approximate surface area is 217 Å². The lowest BCUT2D eigenvalue weighted by Crippen LogP contribution is -2.56. The van der Waals surface area contributed by atoms with Crippen molar-refractivity contribution in [2.75, 3.05) is 0 Å². The predicted molar refractivity (Wildman–Crippen MR) is 142 cm³/mol. The Morgan fingerprint density at radius 1 is 1.16 bits per heavy atom. The number of thiophene rings is 1. The molecule has 4 rings (SSSR count). The third-order valence-corrected chi connectivity index (χ3v) is 7.76. The summed E-state index contributed by atoms with van der Waals surface area (Å²) in [6, 6.07) is 4.49. The highest BCUT2D eigenvalue weighted by molar-refractivity contribution is 7.21. The molecule has 1 amide bonds. The van der Waals surface area contributed by atoms with Crippen LogP contribution in [0.5, 0.6) is 0 Å². The molecule has 0 bridgehead atoms. The maximum atomic E-state index is 14.0. The normalized spacial score (nSPS) is 12.0. The number of rotatable bonds is 8. The highest BCUT2D eigenvalue weighted by atomic mass is 32.1. The number of carbonyl (C=O) groups excluding carboxylic acids is 1. The molecule has 0 aliphatic carbocycles. The van der Waals surface area contributed by atoms with Gasteiger partial charge in [0, 0.05) is 18.2 Å². The molecule has 1 aromatic carbocycles. The van der Waals surface area contributed by atoms with Gasteiger partial charge in [0.2, 0.25) is 5.91 Å². The van der Waals surface area contributed by atoms with Crippen LogP contribution in [0.2, 0.25) is 0 Å². The highest BCUT2D eigenvalue weighted by Crippen LogP contribution is 2.31. The zero-order valence-corrected chi connectivity index (χ0v) is 22.6. The number of fused-ring (bicyclic) bond motifs is 1. The molecule has 11 heteroatoms. The topological polar surface area (TPSA) is 104 Å². The van der Waals surface area contributed by atoms with Crippen LogP contribution in [0.1, 0.15) is 51.3 Å². The maximum Gasteiger partial charge on any atom is 0.333 e. The second-order valence-electron chi connectivity index (χ2n) is 9.81. The van der Waals surface area contributed by atoms with Crippen molar-refractivity contribution in [3.8, 4) is 5.00 Å². The van der Waals surface area contributed by atoms with E-state index in [1.807, 2.05) is 20.8 Å². The van der Waals surface area contributed by atoms with Crippen molar-refractivity contribution in [3.63, 3.8) is 0 Å². The van der Waals surface area contributed by atoms with Crippen LogP contribution in [0.25, 0.3) is 15.2 Å². The lowest BCUT2D eigenvalue weighted by Gasteiger charge is -2.27. The summed E-state index contributed by atoms with van der Waals surface area (Å²) in [4.78, 5) is 42.8. The van der Waals surface area contributed by atoms with Crippen LogP contribution in [0, 0.1) is 12.7 Å². The Bertz CT molecular complexity index is 1580. The zero-order valence-electron chi connectivity index (χ0n) is 21.8. The fraction of sp³-hybridized carbons (Fsp3) is 0.423. The van der Waals surface area contributed by atoms with Crippen LogP contribution in [0.3, 0.4) is 0 Å². The Morgan fingerprint density at radius 3 is 2.46 bits per heavy atom. The number of nitrogens with one attached hydrogen (secondary N) is 1. The average molecular weight is 527 g/mol. The van der Waals surface area contributed by atoms with E-state index in [4.69, 9.17) is 0 Å². The minimum absolute atomic E-state index is 0.172. The van der Waals surface area contributed by atoms with Gasteiger partial charge in [0.25, 0.3) is 5.56 Å². The molecule has 0 atom stereocenters. The van der Waals surface area contributed by atoms with Crippen LogP contribution in [-0.2, 0) is 29.7 Å². The highest BCUT2D eigenvalue weighted by Gasteiger charge is 2.35. The Kier molecular flexibility index (Phi) is 7.18. The molecule has 3 heterocycles. The third-order valence-electron chi connectivity index (χ3n) is 6.48. The van der Waals surface area contributed by atoms with Gasteiger partial charge in [0.15, 0.2) is 0 Å². The molecule has 0 saturated carbocycles.